The van der Waals surface area contributed by atoms with E-state index in [0.29, 0.717) is 6.04 Å². The fourth-order valence-electron chi connectivity index (χ4n) is 2.76. The summed E-state index contributed by atoms with van der Waals surface area (Å²) in [5.74, 6) is 0. The molecule has 0 radical (unpaired) electrons. The summed E-state index contributed by atoms with van der Waals surface area (Å²) in [7, 11) is 3.86. The van der Waals surface area contributed by atoms with Crippen LogP contribution in [-0.2, 0) is 16.0 Å². The lowest BCUT2D eigenvalue weighted by Gasteiger charge is -2.29. The minimum absolute atomic E-state index is 0.289. The number of anilines is 1. The van der Waals surface area contributed by atoms with Gasteiger partial charge in [-0.3, -0.25) is 0 Å². The maximum absolute atomic E-state index is 5.67. The molecule has 4 nitrogen and oxygen atoms in total. The Morgan fingerprint density at radius 2 is 2.29 bits per heavy atom. The second kappa shape index (κ2) is 8.13. The smallest absolute Gasteiger partial charge is 0.0750 e. The van der Waals surface area contributed by atoms with Crippen molar-refractivity contribution in [2.24, 2.45) is 0 Å². The van der Waals surface area contributed by atoms with Crippen LogP contribution >= 0.6 is 15.9 Å². The van der Waals surface area contributed by atoms with Crippen molar-refractivity contribution in [2.75, 3.05) is 38.8 Å². The highest BCUT2D eigenvalue weighted by molar-refractivity contribution is 9.10. The second-order valence-electron chi connectivity index (χ2n) is 5.50. The van der Waals surface area contributed by atoms with Crippen molar-refractivity contribution >= 4 is 21.6 Å². The minimum atomic E-state index is 0.289. The Kier molecular flexibility index (Phi) is 6.48. The van der Waals surface area contributed by atoms with E-state index in [1.165, 1.54) is 11.3 Å². The summed E-state index contributed by atoms with van der Waals surface area (Å²) in [6, 6.07) is 7.00. The van der Waals surface area contributed by atoms with Crippen LogP contribution in [0.1, 0.15) is 18.9 Å². The van der Waals surface area contributed by atoms with Gasteiger partial charge in [-0.25, -0.2) is 0 Å². The van der Waals surface area contributed by atoms with E-state index >= 15 is 0 Å². The molecule has 0 bridgehead atoms. The zero-order chi connectivity index (χ0) is 15.2. The third-order valence-electron chi connectivity index (χ3n) is 4.04. The molecule has 118 valence electrons. The normalized spacial score (nSPS) is 21.7. The number of likely N-dealkylation sites (N-methyl/N-ethyl adjacent to an activating group) is 1. The van der Waals surface area contributed by atoms with Gasteiger partial charge in [0, 0.05) is 38.3 Å². The zero-order valence-corrected chi connectivity index (χ0v) is 14.6. The molecule has 1 fully saturated rings. The number of nitrogens with zero attached hydrogens (tertiary/aromatic N) is 1. The van der Waals surface area contributed by atoms with Crippen LogP contribution < -0.4 is 10.2 Å². The van der Waals surface area contributed by atoms with E-state index in [1.54, 1.807) is 7.11 Å². The molecular formula is C16H25BrN2O2. The summed E-state index contributed by atoms with van der Waals surface area (Å²) in [4.78, 5) is 2.32. The van der Waals surface area contributed by atoms with Gasteiger partial charge in [-0.1, -0.05) is 6.07 Å². The quantitative estimate of drug-likeness (QED) is 0.761. The molecule has 1 aromatic rings. The van der Waals surface area contributed by atoms with E-state index in [0.717, 1.165) is 37.2 Å². The Bertz CT molecular complexity index is 456. The molecule has 0 amide bonds. The summed E-state index contributed by atoms with van der Waals surface area (Å²) < 4.78 is 11.8. The lowest BCUT2D eigenvalue weighted by molar-refractivity contribution is 0.118. The van der Waals surface area contributed by atoms with Crippen LogP contribution in [0.5, 0.6) is 0 Å². The molecule has 5 heteroatoms. The fraction of sp³-hybridized carbons (Fsp3) is 0.625. The molecule has 1 heterocycles. The molecule has 1 aliphatic heterocycles. The van der Waals surface area contributed by atoms with Crippen LogP contribution in [0, 0.1) is 0 Å². The number of hydrogen-bond acceptors (Lipinski definition) is 4. The van der Waals surface area contributed by atoms with Crippen LogP contribution in [0.3, 0.4) is 0 Å². The Balaban J connectivity index is 1.98. The summed E-state index contributed by atoms with van der Waals surface area (Å²) in [5.41, 5.74) is 2.49. The molecule has 2 rings (SSSR count). The number of benzene rings is 1. The minimum Gasteiger partial charge on any atom is -0.383 e. The lowest BCUT2D eigenvalue weighted by atomic mass is 10.1. The Labute approximate surface area is 135 Å². The van der Waals surface area contributed by atoms with Crippen molar-refractivity contribution in [1.82, 2.24) is 5.32 Å². The first kappa shape index (κ1) is 16.7. The highest BCUT2D eigenvalue weighted by Gasteiger charge is 2.28. The summed E-state index contributed by atoms with van der Waals surface area (Å²) in [6.45, 7) is 5.47. The van der Waals surface area contributed by atoms with Gasteiger partial charge in [0.15, 0.2) is 0 Å². The molecule has 1 aromatic carbocycles. The van der Waals surface area contributed by atoms with Gasteiger partial charge >= 0.3 is 0 Å². The average molecular weight is 357 g/mol. The lowest BCUT2D eigenvalue weighted by Crippen LogP contribution is -2.36. The molecule has 21 heavy (non-hydrogen) atoms. The first-order valence-electron chi connectivity index (χ1n) is 7.46. The summed E-state index contributed by atoms with van der Waals surface area (Å²) >= 11 is 3.70. The number of halogens is 1. The van der Waals surface area contributed by atoms with Gasteiger partial charge in [0.25, 0.3) is 0 Å². The van der Waals surface area contributed by atoms with Gasteiger partial charge in [-0.2, -0.15) is 0 Å². The second-order valence-corrected chi connectivity index (χ2v) is 6.35. The van der Waals surface area contributed by atoms with Crippen molar-refractivity contribution in [3.8, 4) is 0 Å². The van der Waals surface area contributed by atoms with Crippen LogP contribution in [0.2, 0.25) is 0 Å². The predicted octanol–water partition coefficient (Wildman–Crippen LogP) is 2.80. The Morgan fingerprint density at radius 3 is 2.90 bits per heavy atom. The van der Waals surface area contributed by atoms with Gasteiger partial charge in [0.1, 0.15) is 0 Å². The fourth-order valence-corrected chi connectivity index (χ4v) is 3.47. The Hall–Kier alpha value is -0.620. The molecule has 0 aromatic heterocycles. The van der Waals surface area contributed by atoms with Crippen LogP contribution in [-0.4, -0.2) is 46.1 Å². The van der Waals surface area contributed by atoms with E-state index in [1.807, 2.05) is 0 Å². The highest BCUT2D eigenvalue weighted by atomic mass is 79.9. The molecule has 0 spiro atoms. The molecule has 1 aliphatic rings. The van der Waals surface area contributed by atoms with Crippen molar-refractivity contribution in [3.63, 3.8) is 0 Å². The van der Waals surface area contributed by atoms with Gasteiger partial charge in [0.05, 0.1) is 24.4 Å². The third kappa shape index (κ3) is 4.42. The largest absolute Gasteiger partial charge is 0.383 e. The number of ether oxygens (including phenoxy) is 2. The summed E-state index contributed by atoms with van der Waals surface area (Å²) in [5, 5.41) is 3.36. The topological polar surface area (TPSA) is 33.7 Å². The maximum Gasteiger partial charge on any atom is 0.0750 e. The van der Waals surface area contributed by atoms with Crippen molar-refractivity contribution in [2.45, 2.75) is 32.0 Å². The van der Waals surface area contributed by atoms with E-state index in [4.69, 9.17) is 9.47 Å². The zero-order valence-electron chi connectivity index (χ0n) is 13.1. The van der Waals surface area contributed by atoms with Gasteiger partial charge in [-0.15, -0.1) is 0 Å². The average Bonchev–Trinajstić information content (AvgIpc) is 2.89. The number of hydrogen-bond donors (Lipinski definition) is 1. The highest BCUT2D eigenvalue weighted by Crippen LogP contribution is 2.31. The van der Waals surface area contributed by atoms with Crippen LogP contribution in [0.15, 0.2) is 22.7 Å². The Morgan fingerprint density at radius 1 is 1.48 bits per heavy atom. The van der Waals surface area contributed by atoms with Gasteiger partial charge in [0.2, 0.25) is 0 Å². The predicted molar refractivity (Wildman–Crippen MR) is 89.9 cm³/mol. The van der Waals surface area contributed by atoms with Crippen LogP contribution in [0.4, 0.5) is 5.69 Å². The number of nitrogens with one attached hydrogen (secondary N) is 1. The van der Waals surface area contributed by atoms with E-state index < -0.39 is 0 Å². The van der Waals surface area contributed by atoms with Crippen LogP contribution in [0.25, 0.3) is 0 Å². The van der Waals surface area contributed by atoms with Gasteiger partial charge < -0.3 is 19.7 Å². The first-order chi connectivity index (χ1) is 10.1. The summed E-state index contributed by atoms with van der Waals surface area (Å²) in [6.07, 6.45) is 1.38. The molecular weight excluding hydrogens is 332 g/mol. The number of rotatable bonds is 7. The first-order valence-corrected chi connectivity index (χ1v) is 8.25. The standard InChI is InChI=1S/C16H25BrN2O2/c1-12-15(6-8-21-12)19(2)16-5-4-13(10-14(16)17)11-18-7-9-20-3/h4-5,10,12,15,18H,6-9,11H2,1-3H3. The SMILES string of the molecule is COCCNCc1ccc(N(C)C2CCOC2C)c(Br)c1. The van der Waals surface area contributed by atoms with Crippen molar-refractivity contribution < 1.29 is 9.47 Å². The van der Waals surface area contributed by atoms with Crippen molar-refractivity contribution in [1.29, 1.82) is 0 Å². The van der Waals surface area contributed by atoms with E-state index in [9.17, 15) is 0 Å². The van der Waals surface area contributed by atoms with Gasteiger partial charge in [-0.05, 0) is 47.0 Å². The molecule has 1 saturated heterocycles. The van der Waals surface area contributed by atoms with E-state index in [-0.39, 0.29) is 6.10 Å². The van der Waals surface area contributed by atoms with E-state index in [2.05, 4.69) is 58.3 Å². The molecule has 1 N–H and O–H groups in total. The molecule has 2 unspecified atom stereocenters. The molecule has 2 atom stereocenters. The molecule has 0 aliphatic carbocycles. The monoisotopic (exact) mass is 356 g/mol. The number of methoxy groups -OCH3 is 1. The third-order valence-corrected chi connectivity index (χ3v) is 4.67. The van der Waals surface area contributed by atoms with Crippen molar-refractivity contribution in [3.05, 3.63) is 28.2 Å². The molecule has 0 saturated carbocycles. The maximum atomic E-state index is 5.67.